The van der Waals surface area contributed by atoms with Gasteiger partial charge in [0.15, 0.2) is 17.3 Å². The first-order valence-electron chi connectivity index (χ1n) is 10.1. The first kappa shape index (κ1) is 22.0. The van der Waals surface area contributed by atoms with E-state index in [1.165, 1.54) is 6.92 Å². The monoisotopic (exact) mass is 430 g/mol. The normalized spacial score (nSPS) is 13.8. The molecule has 30 heavy (non-hydrogen) atoms. The second kappa shape index (κ2) is 10.3. The van der Waals surface area contributed by atoms with E-state index in [-0.39, 0.29) is 11.7 Å². The molecule has 1 amide bonds. The predicted molar refractivity (Wildman–Crippen MR) is 118 cm³/mol. The number of carbonyl (C=O) groups is 2. The third kappa shape index (κ3) is 5.66. The molecule has 0 N–H and O–H groups in total. The van der Waals surface area contributed by atoms with Crippen molar-refractivity contribution in [1.29, 1.82) is 0 Å². The van der Waals surface area contributed by atoms with Gasteiger partial charge in [0.1, 0.15) is 0 Å². The minimum absolute atomic E-state index is 0.0269. The van der Waals surface area contributed by atoms with E-state index in [1.54, 1.807) is 25.3 Å². The van der Waals surface area contributed by atoms with E-state index in [0.29, 0.717) is 49.6 Å². The third-order valence-electron chi connectivity index (χ3n) is 5.17. The molecule has 160 valence electrons. The molecule has 2 aromatic rings. The number of hydrogen-bond donors (Lipinski definition) is 0. The Balaban J connectivity index is 1.42. The first-order chi connectivity index (χ1) is 14.5. The number of piperazine rings is 1. The average Bonchev–Trinajstić information content (AvgIpc) is 2.76. The van der Waals surface area contributed by atoms with Crippen molar-refractivity contribution in [2.24, 2.45) is 0 Å². The number of methoxy groups -OCH3 is 1. The number of benzene rings is 2. The number of Topliss-reactive ketones (excluding diaryl/α,β-unsaturated/α-hetero) is 1. The van der Waals surface area contributed by atoms with Gasteiger partial charge >= 0.3 is 0 Å². The molecule has 1 heterocycles. The van der Waals surface area contributed by atoms with Crippen molar-refractivity contribution in [2.45, 2.75) is 19.8 Å². The summed E-state index contributed by atoms with van der Waals surface area (Å²) >= 11 is 6.07. The molecule has 7 heteroatoms. The Morgan fingerprint density at radius 2 is 1.80 bits per heavy atom. The highest BCUT2D eigenvalue weighted by Crippen LogP contribution is 2.28. The number of halogens is 1. The Labute approximate surface area is 182 Å². The smallest absolute Gasteiger partial charge is 0.222 e. The number of carbonyl (C=O) groups excluding carboxylic acids is 2. The molecule has 1 aliphatic heterocycles. The third-order valence-corrected chi connectivity index (χ3v) is 5.40. The summed E-state index contributed by atoms with van der Waals surface area (Å²) in [4.78, 5) is 28.1. The van der Waals surface area contributed by atoms with Crippen LogP contribution in [0.15, 0.2) is 42.5 Å². The van der Waals surface area contributed by atoms with Crippen LogP contribution in [0.25, 0.3) is 0 Å². The van der Waals surface area contributed by atoms with Crippen molar-refractivity contribution in [2.75, 3.05) is 44.8 Å². The van der Waals surface area contributed by atoms with Gasteiger partial charge in [0.05, 0.1) is 13.7 Å². The quantitative estimate of drug-likeness (QED) is 0.467. The van der Waals surface area contributed by atoms with Gasteiger partial charge in [-0.05, 0) is 49.7 Å². The molecule has 0 radical (unpaired) electrons. The summed E-state index contributed by atoms with van der Waals surface area (Å²) in [7, 11) is 1.54. The molecule has 0 aliphatic carbocycles. The fraction of sp³-hybridized carbons (Fsp3) is 0.391. The lowest BCUT2D eigenvalue weighted by atomic mass is 10.1. The number of amides is 1. The predicted octanol–water partition coefficient (Wildman–Crippen LogP) is 4.06. The van der Waals surface area contributed by atoms with E-state index < -0.39 is 0 Å². The second-order valence-electron chi connectivity index (χ2n) is 7.22. The van der Waals surface area contributed by atoms with Gasteiger partial charge in [-0.15, -0.1) is 0 Å². The topological polar surface area (TPSA) is 59.1 Å². The van der Waals surface area contributed by atoms with E-state index >= 15 is 0 Å². The van der Waals surface area contributed by atoms with Gasteiger partial charge in [0.25, 0.3) is 0 Å². The molecular formula is C23H27ClN2O4. The summed E-state index contributed by atoms with van der Waals surface area (Å²) in [6.45, 7) is 4.91. The zero-order valence-corrected chi connectivity index (χ0v) is 18.2. The van der Waals surface area contributed by atoms with Gasteiger partial charge in [0.2, 0.25) is 5.91 Å². The fourth-order valence-corrected chi connectivity index (χ4v) is 3.64. The summed E-state index contributed by atoms with van der Waals surface area (Å²) in [6, 6.07) is 12.9. The molecule has 1 fully saturated rings. The Bertz CT molecular complexity index is 895. The summed E-state index contributed by atoms with van der Waals surface area (Å²) in [5.41, 5.74) is 1.67. The number of ether oxygens (including phenoxy) is 2. The highest BCUT2D eigenvalue weighted by molar-refractivity contribution is 6.30. The van der Waals surface area contributed by atoms with Crippen molar-refractivity contribution in [3.63, 3.8) is 0 Å². The van der Waals surface area contributed by atoms with E-state index in [4.69, 9.17) is 21.1 Å². The Morgan fingerprint density at radius 3 is 2.47 bits per heavy atom. The number of rotatable bonds is 8. The van der Waals surface area contributed by atoms with Crippen LogP contribution < -0.4 is 14.4 Å². The van der Waals surface area contributed by atoms with Crippen LogP contribution in [0.5, 0.6) is 11.5 Å². The number of ketones is 1. The van der Waals surface area contributed by atoms with Crippen molar-refractivity contribution < 1.29 is 19.1 Å². The SMILES string of the molecule is COc1cc(C(C)=O)ccc1OCCCC(=O)N1CCN(c2cccc(Cl)c2)CC1. The molecule has 0 spiro atoms. The van der Waals surface area contributed by atoms with Crippen LogP contribution in [-0.2, 0) is 4.79 Å². The molecular weight excluding hydrogens is 404 g/mol. The maximum atomic E-state index is 12.5. The lowest BCUT2D eigenvalue weighted by Crippen LogP contribution is -2.48. The molecule has 0 unspecified atom stereocenters. The summed E-state index contributed by atoms with van der Waals surface area (Å²) < 4.78 is 11.1. The first-order valence-corrected chi connectivity index (χ1v) is 10.5. The van der Waals surface area contributed by atoms with Gasteiger partial charge in [-0.1, -0.05) is 17.7 Å². The van der Waals surface area contributed by atoms with E-state index in [0.717, 1.165) is 23.8 Å². The van der Waals surface area contributed by atoms with Crippen molar-refractivity contribution in [3.8, 4) is 11.5 Å². The van der Waals surface area contributed by atoms with Crippen LogP contribution >= 0.6 is 11.6 Å². The molecule has 6 nitrogen and oxygen atoms in total. The van der Waals surface area contributed by atoms with E-state index in [9.17, 15) is 9.59 Å². The van der Waals surface area contributed by atoms with Gasteiger partial charge in [-0.2, -0.15) is 0 Å². The fourth-order valence-electron chi connectivity index (χ4n) is 3.46. The molecule has 1 aliphatic rings. The number of anilines is 1. The van der Waals surface area contributed by atoms with Crippen molar-refractivity contribution in [3.05, 3.63) is 53.1 Å². The largest absolute Gasteiger partial charge is 0.493 e. The van der Waals surface area contributed by atoms with Crippen molar-refractivity contribution in [1.82, 2.24) is 4.90 Å². The van der Waals surface area contributed by atoms with Crippen LogP contribution in [0.1, 0.15) is 30.1 Å². The highest BCUT2D eigenvalue weighted by atomic mass is 35.5. The number of nitrogens with zero attached hydrogens (tertiary/aromatic N) is 2. The maximum Gasteiger partial charge on any atom is 0.222 e. The van der Waals surface area contributed by atoms with Crippen LogP contribution in [0, 0.1) is 0 Å². The minimum Gasteiger partial charge on any atom is -0.493 e. The molecule has 1 saturated heterocycles. The number of hydrogen-bond acceptors (Lipinski definition) is 5. The van der Waals surface area contributed by atoms with Gasteiger partial charge in [0, 0.05) is 48.9 Å². The van der Waals surface area contributed by atoms with E-state index in [1.807, 2.05) is 29.2 Å². The molecule has 3 rings (SSSR count). The lowest BCUT2D eigenvalue weighted by Gasteiger charge is -2.36. The minimum atomic E-state index is -0.0269. The van der Waals surface area contributed by atoms with Crippen LogP contribution in [-0.4, -0.2) is 56.5 Å². The van der Waals surface area contributed by atoms with Gasteiger partial charge < -0.3 is 19.3 Å². The molecule has 0 saturated carbocycles. The zero-order valence-electron chi connectivity index (χ0n) is 17.4. The summed E-state index contributed by atoms with van der Waals surface area (Å²) in [5.74, 6) is 1.21. The Morgan fingerprint density at radius 1 is 1.03 bits per heavy atom. The molecule has 0 bridgehead atoms. The lowest BCUT2D eigenvalue weighted by molar-refractivity contribution is -0.131. The Kier molecular flexibility index (Phi) is 7.57. The van der Waals surface area contributed by atoms with Crippen LogP contribution in [0.2, 0.25) is 5.02 Å². The Hall–Kier alpha value is -2.73. The molecule has 0 atom stereocenters. The molecule has 2 aromatic carbocycles. The van der Waals surface area contributed by atoms with Crippen molar-refractivity contribution >= 4 is 29.0 Å². The van der Waals surface area contributed by atoms with Gasteiger partial charge in [-0.3, -0.25) is 9.59 Å². The summed E-state index contributed by atoms with van der Waals surface area (Å²) in [6.07, 6.45) is 1.05. The maximum absolute atomic E-state index is 12.5. The van der Waals surface area contributed by atoms with Gasteiger partial charge in [-0.25, -0.2) is 0 Å². The average molecular weight is 431 g/mol. The highest BCUT2D eigenvalue weighted by Gasteiger charge is 2.21. The zero-order chi connectivity index (χ0) is 21.5. The standard InChI is InChI=1S/C23H27ClN2O4/c1-17(27)18-8-9-21(22(15-18)29-2)30-14-4-7-23(28)26-12-10-25(11-13-26)20-6-3-5-19(24)16-20/h3,5-6,8-9,15-16H,4,7,10-14H2,1-2H3. The molecule has 0 aromatic heterocycles. The summed E-state index contributed by atoms with van der Waals surface area (Å²) in [5, 5.41) is 0.721. The van der Waals surface area contributed by atoms with E-state index in [2.05, 4.69) is 4.90 Å². The second-order valence-corrected chi connectivity index (χ2v) is 7.66. The van der Waals surface area contributed by atoms with Crippen LogP contribution in [0.3, 0.4) is 0 Å². The van der Waals surface area contributed by atoms with Crippen LogP contribution in [0.4, 0.5) is 5.69 Å².